The van der Waals surface area contributed by atoms with Gasteiger partial charge in [-0.25, -0.2) is 9.78 Å². The molecule has 0 aliphatic rings. The average Bonchev–Trinajstić information content (AvgIpc) is 2.87. The molecular weight excluding hydrogens is 292 g/mol. The molecule has 1 N–H and O–H groups in total. The van der Waals surface area contributed by atoms with Gasteiger partial charge < -0.3 is 9.47 Å². The molecular formula is C14H14N2O4S. The molecule has 1 heterocycles. The number of rotatable bonds is 4. The molecule has 1 aromatic heterocycles. The minimum Gasteiger partial charge on any atom is -0.497 e. The Balaban J connectivity index is 2.17. The zero-order valence-electron chi connectivity index (χ0n) is 11.8. The highest BCUT2D eigenvalue weighted by molar-refractivity contribution is 7.17. The summed E-state index contributed by atoms with van der Waals surface area (Å²) in [5.74, 6) is -0.195. The number of ether oxygens (including phenoxy) is 2. The van der Waals surface area contributed by atoms with Gasteiger partial charge in [0.2, 0.25) is 0 Å². The van der Waals surface area contributed by atoms with E-state index in [9.17, 15) is 9.59 Å². The fourth-order valence-electron chi connectivity index (χ4n) is 1.67. The van der Waals surface area contributed by atoms with Crippen molar-refractivity contribution in [1.82, 2.24) is 4.98 Å². The minimum atomic E-state index is -0.466. The Hall–Kier alpha value is -2.41. The third kappa shape index (κ3) is 3.38. The Bertz CT molecular complexity index is 681. The summed E-state index contributed by atoms with van der Waals surface area (Å²) in [5.41, 5.74) is 0.967. The van der Waals surface area contributed by atoms with Gasteiger partial charge in [-0.1, -0.05) is 17.4 Å². The highest BCUT2D eigenvalue weighted by atomic mass is 32.1. The van der Waals surface area contributed by atoms with E-state index < -0.39 is 5.97 Å². The molecule has 2 rings (SSSR count). The van der Waals surface area contributed by atoms with E-state index in [0.29, 0.717) is 27.0 Å². The number of esters is 1. The number of nitrogens with zero attached hydrogens (tertiary/aromatic N) is 1. The second-order valence-corrected chi connectivity index (χ2v) is 5.11. The molecule has 0 spiro atoms. The van der Waals surface area contributed by atoms with Crippen molar-refractivity contribution in [1.29, 1.82) is 0 Å². The van der Waals surface area contributed by atoms with E-state index in [1.54, 1.807) is 31.2 Å². The van der Waals surface area contributed by atoms with Gasteiger partial charge in [-0.15, -0.1) is 0 Å². The number of carbonyl (C=O) groups is 2. The number of methoxy groups -OCH3 is 2. The van der Waals surface area contributed by atoms with E-state index in [4.69, 9.17) is 4.74 Å². The third-order valence-corrected chi connectivity index (χ3v) is 3.77. The molecule has 1 amide bonds. The fraction of sp³-hybridized carbons (Fsp3) is 0.214. The number of hydrogen-bond acceptors (Lipinski definition) is 6. The summed E-state index contributed by atoms with van der Waals surface area (Å²) in [6, 6.07) is 6.76. The van der Waals surface area contributed by atoms with Crippen molar-refractivity contribution in [3.05, 3.63) is 40.4 Å². The van der Waals surface area contributed by atoms with E-state index in [2.05, 4.69) is 15.0 Å². The second kappa shape index (κ2) is 6.36. The normalized spacial score (nSPS) is 10.0. The summed E-state index contributed by atoms with van der Waals surface area (Å²) in [7, 11) is 2.83. The second-order valence-electron chi connectivity index (χ2n) is 4.11. The first-order chi connectivity index (χ1) is 10.0. The summed E-state index contributed by atoms with van der Waals surface area (Å²) in [6.45, 7) is 1.68. The topological polar surface area (TPSA) is 77.5 Å². The lowest BCUT2D eigenvalue weighted by Gasteiger charge is -2.04. The highest BCUT2D eigenvalue weighted by Crippen LogP contribution is 2.24. The van der Waals surface area contributed by atoms with Gasteiger partial charge in [0.15, 0.2) is 5.13 Å². The van der Waals surface area contributed by atoms with Crippen LogP contribution in [0.25, 0.3) is 0 Å². The Labute approximate surface area is 125 Å². The highest BCUT2D eigenvalue weighted by Gasteiger charge is 2.17. The SMILES string of the molecule is COC(=O)c1sc(NC(=O)c2cccc(OC)c2)nc1C. The molecule has 0 fully saturated rings. The number of nitrogens with one attached hydrogen (secondary N) is 1. The number of anilines is 1. The van der Waals surface area contributed by atoms with E-state index in [1.807, 2.05) is 0 Å². The number of thiazole rings is 1. The van der Waals surface area contributed by atoms with Crippen molar-refractivity contribution in [2.45, 2.75) is 6.92 Å². The molecule has 0 atom stereocenters. The molecule has 0 aliphatic heterocycles. The lowest BCUT2D eigenvalue weighted by molar-refractivity contribution is 0.0605. The lowest BCUT2D eigenvalue weighted by atomic mass is 10.2. The zero-order chi connectivity index (χ0) is 15.4. The number of aromatic nitrogens is 1. The van der Waals surface area contributed by atoms with Crippen LogP contribution >= 0.6 is 11.3 Å². The maximum absolute atomic E-state index is 12.1. The van der Waals surface area contributed by atoms with Crippen LogP contribution in [0.4, 0.5) is 5.13 Å². The molecule has 0 saturated heterocycles. The predicted octanol–water partition coefficient (Wildman–Crippen LogP) is 2.50. The summed E-state index contributed by atoms with van der Waals surface area (Å²) < 4.78 is 9.72. The molecule has 1 aromatic carbocycles. The maximum Gasteiger partial charge on any atom is 0.350 e. The van der Waals surface area contributed by atoms with Crippen molar-refractivity contribution in [2.75, 3.05) is 19.5 Å². The summed E-state index contributed by atoms with van der Waals surface area (Å²) >= 11 is 1.08. The molecule has 0 radical (unpaired) electrons. The van der Waals surface area contributed by atoms with Crippen molar-refractivity contribution in [3.8, 4) is 5.75 Å². The number of hydrogen-bond donors (Lipinski definition) is 1. The molecule has 6 nitrogen and oxygen atoms in total. The molecule has 0 aliphatic carbocycles. The van der Waals surface area contributed by atoms with Crippen molar-refractivity contribution in [3.63, 3.8) is 0 Å². The van der Waals surface area contributed by atoms with Gasteiger partial charge in [0, 0.05) is 5.56 Å². The number of aryl methyl sites for hydroxylation is 1. The molecule has 0 unspecified atom stereocenters. The average molecular weight is 306 g/mol. The van der Waals surface area contributed by atoms with Crippen LogP contribution in [-0.4, -0.2) is 31.1 Å². The molecule has 7 heteroatoms. The standard InChI is InChI=1S/C14H14N2O4S/c1-8-11(13(18)20-3)21-14(15-8)16-12(17)9-5-4-6-10(7-9)19-2/h4-7H,1-3H3,(H,15,16,17). The largest absolute Gasteiger partial charge is 0.497 e. The zero-order valence-corrected chi connectivity index (χ0v) is 12.6. The minimum absolute atomic E-state index is 0.320. The Morgan fingerprint density at radius 1 is 1.29 bits per heavy atom. The van der Waals surface area contributed by atoms with Gasteiger partial charge in [-0.3, -0.25) is 10.1 Å². The van der Waals surface area contributed by atoms with Gasteiger partial charge in [0.25, 0.3) is 5.91 Å². The predicted molar refractivity (Wildman–Crippen MR) is 79.1 cm³/mol. The Morgan fingerprint density at radius 3 is 2.71 bits per heavy atom. The van der Waals surface area contributed by atoms with Gasteiger partial charge in [-0.05, 0) is 25.1 Å². The van der Waals surface area contributed by atoms with Gasteiger partial charge in [0.1, 0.15) is 10.6 Å². The fourth-order valence-corrected chi connectivity index (χ4v) is 2.55. The van der Waals surface area contributed by atoms with Crippen LogP contribution in [0.15, 0.2) is 24.3 Å². The van der Waals surface area contributed by atoms with Crippen LogP contribution in [0, 0.1) is 6.92 Å². The van der Waals surface area contributed by atoms with Crippen LogP contribution in [0.3, 0.4) is 0 Å². The van der Waals surface area contributed by atoms with Crippen LogP contribution in [0.1, 0.15) is 25.7 Å². The summed E-state index contributed by atoms with van der Waals surface area (Å²) in [5, 5.41) is 3.00. The van der Waals surface area contributed by atoms with Crippen molar-refractivity contribution in [2.24, 2.45) is 0 Å². The first-order valence-corrected chi connectivity index (χ1v) is 6.88. The smallest absolute Gasteiger partial charge is 0.350 e. The molecule has 0 saturated carbocycles. The quantitative estimate of drug-likeness (QED) is 0.878. The van der Waals surface area contributed by atoms with Crippen molar-refractivity contribution >= 4 is 28.3 Å². The van der Waals surface area contributed by atoms with Gasteiger partial charge >= 0.3 is 5.97 Å². The molecule has 21 heavy (non-hydrogen) atoms. The van der Waals surface area contributed by atoms with E-state index in [0.717, 1.165) is 11.3 Å². The van der Waals surface area contributed by atoms with Crippen LogP contribution in [0.2, 0.25) is 0 Å². The van der Waals surface area contributed by atoms with E-state index in [1.165, 1.54) is 14.2 Å². The third-order valence-electron chi connectivity index (χ3n) is 2.72. The molecule has 110 valence electrons. The summed E-state index contributed by atoms with van der Waals surface area (Å²) in [6.07, 6.45) is 0. The van der Waals surface area contributed by atoms with Crippen LogP contribution in [-0.2, 0) is 4.74 Å². The van der Waals surface area contributed by atoms with E-state index >= 15 is 0 Å². The number of benzene rings is 1. The van der Waals surface area contributed by atoms with Gasteiger partial charge in [-0.2, -0.15) is 0 Å². The number of carbonyl (C=O) groups excluding carboxylic acids is 2. The molecule has 2 aromatic rings. The van der Waals surface area contributed by atoms with Gasteiger partial charge in [0.05, 0.1) is 19.9 Å². The first-order valence-electron chi connectivity index (χ1n) is 6.06. The van der Waals surface area contributed by atoms with E-state index in [-0.39, 0.29) is 5.91 Å². The van der Waals surface area contributed by atoms with Crippen LogP contribution in [0.5, 0.6) is 5.75 Å². The monoisotopic (exact) mass is 306 g/mol. The maximum atomic E-state index is 12.1. The Kier molecular flexibility index (Phi) is 4.54. The van der Waals surface area contributed by atoms with Crippen LogP contribution < -0.4 is 10.1 Å². The van der Waals surface area contributed by atoms with Crippen molar-refractivity contribution < 1.29 is 19.1 Å². The molecule has 0 bridgehead atoms. The first kappa shape index (κ1) is 15.0. The Morgan fingerprint density at radius 2 is 2.05 bits per heavy atom. The lowest BCUT2D eigenvalue weighted by Crippen LogP contribution is -2.11. The summed E-state index contributed by atoms with van der Waals surface area (Å²) in [4.78, 5) is 28.1. The number of amides is 1.